The number of anilines is 1. The van der Waals surface area contributed by atoms with Gasteiger partial charge in [-0.25, -0.2) is 4.79 Å². The van der Waals surface area contributed by atoms with E-state index in [2.05, 4.69) is 4.74 Å². The molecule has 0 unspecified atom stereocenters. The van der Waals surface area contributed by atoms with Crippen LogP contribution in [0.2, 0.25) is 5.02 Å². The number of nitrogen functional groups attached to an aromatic ring is 1. The number of pyridine rings is 1. The third-order valence-electron chi connectivity index (χ3n) is 1.92. The van der Waals surface area contributed by atoms with Crippen molar-refractivity contribution in [2.75, 3.05) is 19.1 Å². The minimum absolute atomic E-state index is 0.0771. The van der Waals surface area contributed by atoms with Gasteiger partial charge in [0.05, 0.1) is 18.6 Å². The normalized spacial score (nSPS) is 10.2. The molecular weight excluding hydrogens is 252 g/mol. The Kier molecular flexibility index (Phi) is 4.26. The molecule has 0 radical (unpaired) electrons. The van der Waals surface area contributed by atoms with E-state index in [4.69, 9.17) is 17.3 Å². The van der Waals surface area contributed by atoms with Crippen LogP contribution >= 0.6 is 23.4 Å². The van der Waals surface area contributed by atoms with Gasteiger partial charge in [-0.05, 0) is 6.26 Å². The SMILES string of the molecule is COC(=O)c1c(Cl)c(N)cc(CSC)[n+]1[O-]. The number of hydrogen-bond acceptors (Lipinski definition) is 5. The van der Waals surface area contributed by atoms with Crippen LogP contribution in [0.3, 0.4) is 0 Å². The van der Waals surface area contributed by atoms with Gasteiger partial charge >= 0.3 is 11.7 Å². The van der Waals surface area contributed by atoms with Gasteiger partial charge in [0.25, 0.3) is 0 Å². The first-order valence-electron chi connectivity index (χ1n) is 4.30. The largest absolute Gasteiger partial charge is 0.618 e. The van der Waals surface area contributed by atoms with Gasteiger partial charge in [0.2, 0.25) is 5.69 Å². The first-order chi connectivity index (χ1) is 7.52. The summed E-state index contributed by atoms with van der Waals surface area (Å²) in [4.78, 5) is 11.4. The summed E-state index contributed by atoms with van der Waals surface area (Å²) in [6.45, 7) is 0. The highest BCUT2D eigenvalue weighted by Gasteiger charge is 2.26. The molecule has 0 aliphatic carbocycles. The smallest absolute Gasteiger partial charge is 0.406 e. The second kappa shape index (κ2) is 5.27. The lowest BCUT2D eigenvalue weighted by Gasteiger charge is -2.10. The van der Waals surface area contributed by atoms with Crippen molar-refractivity contribution >= 4 is 35.0 Å². The highest BCUT2D eigenvalue weighted by Crippen LogP contribution is 2.23. The number of carbonyl (C=O) groups excluding carboxylic acids is 1. The van der Waals surface area contributed by atoms with Crippen LogP contribution in [0.5, 0.6) is 0 Å². The number of rotatable bonds is 3. The fraction of sp³-hybridized carbons (Fsp3) is 0.333. The second-order valence-electron chi connectivity index (χ2n) is 2.97. The van der Waals surface area contributed by atoms with Crippen LogP contribution in [-0.2, 0) is 10.5 Å². The Morgan fingerprint density at radius 2 is 2.38 bits per heavy atom. The molecule has 1 aromatic heterocycles. The number of halogens is 1. The Bertz CT molecular complexity index is 426. The maximum absolute atomic E-state index is 11.8. The van der Waals surface area contributed by atoms with Crippen LogP contribution in [-0.4, -0.2) is 19.3 Å². The van der Waals surface area contributed by atoms with Gasteiger partial charge in [0, 0.05) is 6.07 Å². The number of nitrogens with two attached hydrogens (primary N) is 1. The van der Waals surface area contributed by atoms with E-state index in [0.717, 1.165) is 0 Å². The van der Waals surface area contributed by atoms with Gasteiger partial charge in [-0.3, -0.25) is 0 Å². The molecule has 2 N–H and O–H groups in total. The molecule has 0 aromatic carbocycles. The number of hydrogen-bond donors (Lipinski definition) is 1. The van der Waals surface area contributed by atoms with Crippen molar-refractivity contribution in [3.8, 4) is 0 Å². The van der Waals surface area contributed by atoms with Crippen LogP contribution in [0.15, 0.2) is 6.07 Å². The van der Waals surface area contributed by atoms with Crippen molar-refractivity contribution in [2.24, 2.45) is 0 Å². The third kappa shape index (κ3) is 2.33. The molecule has 0 aliphatic rings. The van der Waals surface area contributed by atoms with Crippen LogP contribution in [0, 0.1) is 5.21 Å². The van der Waals surface area contributed by atoms with E-state index in [1.165, 1.54) is 24.9 Å². The summed E-state index contributed by atoms with van der Waals surface area (Å²) in [5.74, 6) is -0.357. The standard InChI is InChI=1S/C9H11ClN2O3S/c1-15-9(13)8-7(10)6(11)3-5(4-16-2)12(8)14/h3H,4,11H2,1-2H3. The Morgan fingerprint density at radius 3 is 2.88 bits per heavy atom. The molecule has 0 saturated carbocycles. The molecule has 0 amide bonds. The predicted molar refractivity (Wildman–Crippen MR) is 63.4 cm³/mol. The van der Waals surface area contributed by atoms with Crippen molar-refractivity contribution in [3.05, 3.63) is 27.7 Å². The molecule has 0 aliphatic heterocycles. The molecule has 7 heteroatoms. The average Bonchev–Trinajstić information content (AvgIpc) is 2.26. The Morgan fingerprint density at radius 1 is 1.75 bits per heavy atom. The summed E-state index contributed by atoms with van der Waals surface area (Å²) >= 11 is 7.23. The molecule has 0 spiro atoms. The number of esters is 1. The van der Waals surface area contributed by atoms with Gasteiger partial charge in [0.1, 0.15) is 5.02 Å². The monoisotopic (exact) mass is 262 g/mol. The predicted octanol–water partition coefficient (Wildman–Crippen LogP) is 1.21. The van der Waals surface area contributed by atoms with Crippen LogP contribution in [0.4, 0.5) is 5.69 Å². The molecule has 1 heterocycles. The Labute approximate surface area is 102 Å². The number of aromatic nitrogens is 1. The number of ether oxygens (including phenoxy) is 1. The van der Waals surface area contributed by atoms with Crippen LogP contribution in [0.25, 0.3) is 0 Å². The maximum atomic E-state index is 11.8. The zero-order valence-corrected chi connectivity index (χ0v) is 10.4. The summed E-state index contributed by atoms with van der Waals surface area (Å²) in [5.41, 5.74) is 5.90. The number of carbonyl (C=O) groups is 1. The summed E-state index contributed by atoms with van der Waals surface area (Å²) in [7, 11) is 1.18. The van der Waals surface area contributed by atoms with E-state index in [1.807, 2.05) is 6.26 Å². The van der Waals surface area contributed by atoms with Gasteiger partial charge in [0.15, 0.2) is 0 Å². The third-order valence-corrected chi connectivity index (χ3v) is 2.90. The fourth-order valence-electron chi connectivity index (χ4n) is 1.19. The zero-order chi connectivity index (χ0) is 12.3. The Balaban J connectivity index is 3.39. The van der Waals surface area contributed by atoms with Gasteiger partial charge in [-0.1, -0.05) is 11.6 Å². The van der Waals surface area contributed by atoms with Crippen molar-refractivity contribution in [2.45, 2.75) is 5.75 Å². The van der Waals surface area contributed by atoms with E-state index in [1.54, 1.807) is 0 Å². The zero-order valence-electron chi connectivity index (χ0n) is 8.82. The molecule has 16 heavy (non-hydrogen) atoms. The molecule has 0 atom stereocenters. The summed E-state index contributed by atoms with van der Waals surface area (Å²) < 4.78 is 4.94. The summed E-state index contributed by atoms with van der Waals surface area (Å²) in [5, 5.41) is 11.7. The minimum Gasteiger partial charge on any atom is -0.618 e. The van der Waals surface area contributed by atoms with Gasteiger partial charge in [-0.2, -0.15) is 16.5 Å². The van der Waals surface area contributed by atoms with Crippen molar-refractivity contribution < 1.29 is 14.3 Å². The molecule has 88 valence electrons. The molecule has 0 saturated heterocycles. The Hall–Kier alpha value is -1.14. The lowest BCUT2D eigenvalue weighted by atomic mass is 10.2. The average molecular weight is 263 g/mol. The number of methoxy groups -OCH3 is 1. The maximum Gasteiger partial charge on any atom is 0.406 e. The van der Waals surface area contributed by atoms with E-state index >= 15 is 0 Å². The van der Waals surface area contributed by atoms with Crippen LogP contribution < -0.4 is 10.5 Å². The van der Waals surface area contributed by atoms with E-state index < -0.39 is 5.97 Å². The molecular formula is C9H11ClN2O3S. The summed E-state index contributed by atoms with van der Waals surface area (Å²) in [6, 6.07) is 1.46. The minimum atomic E-state index is -0.797. The van der Waals surface area contributed by atoms with Gasteiger partial charge < -0.3 is 15.7 Å². The second-order valence-corrected chi connectivity index (χ2v) is 4.22. The first kappa shape index (κ1) is 12.9. The molecule has 1 aromatic rings. The van der Waals surface area contributed by atoms with Gasteiger partial charge in [-0.15, -0.1) is 0 Å². The molecule has 0 bridgehead atoms. The lowest BCUT2D eigenvalue weighted by molar-refractivity contribution is -0.615. The highest BCUT2D eigenvalue weighted by molar-refractivity contribution is 7.97. The number of thioether (sulfide) groups is 1. The topological polar surface area (TPSA) is 79.3 Å². The quantitative estimate of drug-likeness (QED) is 0.503. The number of nitrogens with zero attached hydrogens (tertiary/aromatic N) is 1. The molecule has 1 rings (SSSR count). The van der Waals surface area contributed by atoms with Crippen molar-refractivity contribution in [1.29, 1.82) is 0 Å². The van der Waals surface area contributed by atoms with Crippen molar-refractivity contribution in [3.63, 3.8) is 0 Å². The van der Waals surface area contributed by atoms with Crippen LogP contribution in [0.1, 0.15) is 16.2 Å². The fourth-order valence-corrected chi connectivity index (χ4v) is 1.89. The first-order valence-corrected chi connectivity index (χ1v) is 6.07. The molecule has 0 fully saturated rings. The van der Waals surface area contributed by atoms with E-state index in [0.29, 0.717) is 16.2 Å². The molecule has 5 nitrogen and oxygen atoms in total. The lowest BCUT2D eigenvalue weighted by Crippen LogP contribution is -2.40. The van der Waals surface area contributed by atoms with E-state index in [9.17, 15) is 10.0 Å². The highest BCUT2D eigenvalue weighted by atomic mass is 35.5. The van der Waals surface area contributed by atoms with Crippen molar-refractivity contribution in [1.82, 2.24) is 0 Å². The summed E-state index contributed by atoms with van der Waals surface area (Å²) in [6.07, 6.45) is 1.84. The van der Waals surface area contributed by atoms with E-state index in [-0.39, 0.29) is 16.4 Å².